The second-order valence-corrected chi connectivity index (χ2v) is 8.17. The third-order valence-electron chi connectivity index (χ3n) is 5.86. The number of unbranched alkanes of at least 4 members (excludes halogenated alkanes) is 2. The molecule has 174 valence electrons. The summed E-state index contributed by atoms with van der Waals surface area (Å²) in [6, 6.07) is 13.4. The number of aromatic nitrogens is 2. The third kappa shape index (κ3) is 5.96. The van der Waals surface area contributed by atoms with Gasteiger partial charge in [0, 0.05) is 31.6 Å². The van der Waals surface area contributed by atoms with Crippen LogP contribution in [0.5, 0.6) is 0 Å². The molecule has 1 N–H and O–H groups in total. The number of hydrogen-bond donors (Lipinski definition) is 1. The van der Waals surface area contributed by atoms with E-state index in [9.17, 15) is 14.0 Å². The average molecular weight is 453 g/mol. The highest BCUT2D eigenvalue weighted by Gasteiger charge is 2.20. The number of carbonyl (C=O) groups excluding carboxylic acids is 2. The number of hydrogen-bond acceptors (Lipinski definition) is 4. The molecule has 33 heavy (non-hydrogen) atoms. The summed E-state index contributed by atoms with van der Waals surface area (Å²) in [6.07, 6.45) is 3.42. The van der Waals surface area contributed by atoms with Crippen LogP contribution in [-0.4, -0.2) is 59.1 Å². The SMILES string of the molecule is O=C(NCCCCCc1nc2ccccc2n1CC(=O)N1CCOCC1)c1ccc(F)cc1. The van der Waals surface area contributed by atoms with E-state index in [2.05, 4.69) is 5.32 Å². The van der Waals surface area contributed by atoms with E-state index < -0.39 is 0 Å². The Balaban J connectivity index is 1.29. The minimum atomic E-state index is -0.357. The largest absolute Gasteiger partial charge is 0.378 e. The molecule has 3 aromatic rings. The number of nitrogens with one attached hydrogen (secondary N) is 1. The maximum Gasteiger partial charge on any atom is 0.251 e. The Labute approximate surface area is 192 Å². The summed E-state index contributed by atoms with van der Waals surface area (Å²) in [5, 5.41) is 2.87. The Morgan fingerprint density at radius 1 is 1.00 bits per heavy atom. The van der Waals surface area contributed by atoms with Crippen molar-refractivity contribution >= 4 is 22.8 Å². The molecule has 1 aromatic heterocycles. The first-order chi connectivity index (χ1) is 16.1. The number of nitrogens with zero attached hydrogens (tertiary/aromatic N) is 3. The van der Waals surface area contributed by atoms with Crippen molar-refractivity contribution < 1.29 is 18.7 Å². The number of aryl methyl sites for hydroxylation is 1. The maximum atomic E-state index is 13.0. The van der Waals surface area contributed by atoms with Gasteiger partial charge in [0.05, 0.1) is 24.2 Å². The normalized spacial score (nSPS) is 13.9. The van der Waals surface area contributed by atoms with Crippen LogP contribution >= 0.6 is 0 Å². The van der Waals surface area contributed by atoms with Gasteiger partial charge in [-0.05, 0) is 49.2 Å². The molecule has 0 spiro atoms. The van der Waals surface area contributed by atoms with E-state index in [4.69, 9.17) is 9.72 Å². The maximum absolute atomic E-state index is 13.0. The quantitative estimate of drug-likeness (QED) is 0.506. The zero-order valence-electron chi connectivity index (χ0n) is 18.6. The molecule has 1 aliphatic heterocycles. The summed E-state index contributed by atoms with van der Waals surface area (Å²) in [6.45, 7) is 3.27. The highest BCUT2D eigenvalue weighted by Crippen LogP contribution is 2.18. The van der Waals surface area contributed by atoms with E-state index in [-0.39, 0.29) is 24.2 Å². The Bertz CT molecular complexity index is 1090. The van der Waals surface area contributed by atoms with E-state index in [0.717, 1.165) is 42.5 Å². The molecular formula is C25H29FN4O3. The topological polar surface area (TPSA) is 76.5 Å². The van der Waals surface area contributed by atoms with Crippen LogP contribution in [0.4, 0.5) is 4.39 Å². The molecule has 1 fully saturated rings. The van der Waals surface area contributed by atoms with Crippen molar-refractivity contribution in [2.75, 3.05) is 32.8 Å². The number of morpholine rings is 1. The lowest BCUT2D eigenvalue weighted by Crippen LogP contribution is -2.42. The summed E-state index contributed by atoms with van der Waals surface area (Å²) < 4.78 is 20.4. The predicted octanol–water partition coefficient (Wildman–Crippen LogP) is 3.18. The minimum absolute atomic E-state index is 0.0891. The average Bonchev–Trinajstić information content (AvgIpc) is 3.19. The number of ether oxygens (including phenoxy) is 1. The molecule has 2 amide bonds. The summed E-state index contributed by atoms with van der Waals surface area (Å²) >= 11 is 0. The van der Waals surface area contributed by atoms with Crippen molar-refractivity contribution in [1.29, 1.82) is 0 Å². The van der Waals surface area contributed by atoms with Gasteiger partial charge in [0.2, 0.25) is 5.91 Å². The highest BCUT2D eigenvalue weighted by atomic mass is 19.1. The Morgan fingerprint density at radius 2 is 1.76 bits per heavy atom. The van der Waals surface area contributed by atoms with Crippen LogP contribution in [0, 0.1) is 5.82 Å². The number of carbonyl (C=O) groups is 2. The minimum Gasteiger partial charge on any atom is -0.378 e. The molecular weight excluding hydrogens is 423 g/mol. The summed E-state index contributed by atoms with van der Waals surface area (Å²) in [5.74, 6) is 0.446. The van der Waals surface area contributed by atoms with Crippen LogP contribution < -0.4 is 5.32 Å². The monoisotopic (exact) mass is 452 g/mol. The van der Waals surface area contributed by atoms with Crippen LogP contribution in [-0.2, 0) is 22.5 Å². The van der Waals surface area contributed by atoms with Gasteiger partial charge in [-0.15, -0.1) is 0 Å². The molecule has 1 aliphatic rings. The molecule has 2 heterocycles. The van der Waals surface area contributed by atoms with Crippen molar-refractivity contribution in [3.05, 3.63) is 65.7 Å². The number of rotatable bonds is 9. The van der Waals surface area contributed by atoms with Crippen molar-refractivity contribution in [1.82, 2.24) is 19.8 Å². The summed E-state index contributed by atoms with van der Waals surface area (Å²) in [5.41, 5.74) is 2.32. The molecule has 8 heteroatoms. The van der Waals surface area contributed by atoms with E-state index >= 15 is 0 Å². The van der Waals surface area contributed by atoms with Crippen LogP contribution in [0.1, 0.15) is 35.4 Å². The number of fused-ring (bicyclic) bond motifs is 1. The number of amides is 2. The number of benzene rings is 2. The van der Waals surface area contributed by atoms with Crippen LogP contribution in [0.15, 0.2) is 48.5 Å². The summed E-state index contributed by atoms with van der Waals surface area (Å²) in [4.78, 5) is 31.6. The molecule has 0 bridgehead atoms. The van der Waals surface area contributed by atoms with Gasteiger partial charge in [0.1, 0.15) is 18.2 Å². The van der Waals surface area contributed by atoms with E-state index in [0.29, 0.717) is 38.4 Å². The van der Waals surface area contributed by atoms with Gasteiger partial charge >= 0.3 is 0 Å². The van der Waals surface area contributed by atoms with E-state index in [1.54, 1.807) is 0 Å². The second kappa shape index (κ2) is 11.0. The number of imidazole rings is 1. The van der Waals surface area contributed by atoms with E-state index in [1.165, 1.54) is 24.3 Å². The first-order valence-corrected chi connectivity index (χ1v) is 11.5. The molecule has 0 saturated carbocycles. The molecule has 0 radical (unpaired) electrons. The lowest BCUT2D eigenvalue weighted by Gasteiger charge is -2.27. The van der Waals surface area contributed by atoms with Gasteiger partial charge < -0.3 is 19.5 Å². The standard InChI is InChI=1S/C25H29FN4O3/c26-20-11-9-19(10-12-20)25(32)27-13-5-1-2-8-23-28-21-6-3-4-7-22(21)30(23)18-24(31)29-14-16-33-17-15-29/h3-4,6-7,9-12H,1-2,5,8,13-18H2,(H,27,32). The Hall–Kier alpha value is -3.26. The smallest absolute Gasteiger partial charge is 0.251 e. The number of para-hydroxylation sites is 2. The fourth-order valence-corrected chi connectivity index (χ4v) is 4.03. The fraction of sp³-hybridized carbons (Fsp3) is 0.400. The Morgan fingerprint density at radius 3 is 2.55 bits per heavy atom. The molecule has 0 unspecified atom stereocenters. The first kappa shape index (κ1) is 22.9. The second-order valence-electron chi connectivity index (χ2n) is 8.17. The lowest BCUT2D eigenvalue weighted by molar-refractivity contribution is -0.135. The highest BCUT2D eigenvalue weighted by molar-refractivity contribution is 5.94. The third-order valence-corrected chi connectivity index (χ3v) is 5.86. The molecule has 2 aromatic carbocycles. The van der Waals surface area contributed by atoms with Crippen LogP contribution in [0.25, 0.3) is 11.0 Å². The molecule has 7 nitrogen and oxygen atoms in total. The molecule has 4 rings (SSSR count). The Kier molecular flexibility index (Phi) is 7.67. The van der Waals surface area contributed by atoms with Crippen molar-refractivity contribution in [2.45, 2.75) is 32.2 Å². The lowest BCUT2D eigenvalue weighted by atomic mass is 10.1. The van der Waals surface area contributed by atoms with Crippen LogP contribution in [0.2, 0.25) is 0 Å². The fourth-order valence-electron chi connectivity index (χ4n) is 4.03. The van der Waals surface area contributed by atoms with Gasteiger partial charge in [-0.25, -0.2) is 9.37 Å². The zero-order chi connectivity index (χ0) is 23.0. The van der Waals surface area contributed by atoms with Gasteiger partial charge in [-0.3, -0.25) is 9.59 Å². The number of halogens is 1. The zero-order valence-corrected chi connectivity index (χ0v) is 18.6. The summed E-state index contributed by atoms with van der Waals surface area (Å²) in [7, 11) is 0. The van der Waals surface area contributed by atoms with Crippen LogP contribution in [0.3, 0.4) is 0 Å². The van der Waals surface area contributed by atoms with Crippen molar-refractivity contribution in [3.8, 4) is 0 Å². The molecule has 1 saturated heterocycles. The van der Waals surface area contributed by atoms with Gasteiger partial charge in [0.25, 0.3) is 5.91 Å². The molecule has 0 atom stereocenters. The van der Waals surface area contributed by atoms with Gasteiger partial charge in [0.15, 0.2) is 0 Å². The molecule has 0 aliphatic carbocycles. The van der Waals surface area contributed by atoms with Gasteiger partial charge in [-0.2, -0.15) is 0 Å². The van der Waals surface area contributed by atoms with Crippen molar-refractivity contribution in [3.63, 3.8) is 0 Å². The van der Waals surface area contributed by atoms with Gasteiger partial charge in [-0.1, -0.05) is 18.6 Å². The first-order valence-electron chi connectivity index (χ1n) is 11.5. The van der Waals surface area contributed by atoms with Crippen molar-refractivity contribution in [2.24, 2.45) is 0 Å². The predicted molar refractivity (Wildman–Crippen MR) is 123 cm³/mol. The van der Waals surface area contributed by atoms with E-state index in [1.807, 2.05) is 33.7 Å².